The van der Waals surface area contributed by atoms with E-state index in [-0.39, 0.29) is 17.0 Å². The normalized spacial score (nSPS) is 20.2. The van der Waals surface area contributed by atoms with Gasteiger partial charge in [-0.2, -0.15) is 8.62 Å². The molecule has 2 heterocycles. The predicted octanol–water partition coefficient (Wildman–Crippen LogP) is -0.0141. The molecule has 0 aliphatic carbocycles. The first-order chi connectivity index (χ1) is 14.5. The molecule has 2 aromatic rings. The average Bonchev–Trinajstić information content (AvgIpc) is 3.07. The van der Waals surface area contributed by atoms with Crippen molar-refractivity contribution in [1.29, 1.82) is 0 Å². The fourth-order valence-electron chi connectivity index (χ4n) is 2.27. The minimum Gasteiger partial charge on any atom is -0.385 e. The highest BCUT2D eigenvalue weighted by Crippen LogP contribution is 2.66. The van der Waals surface area contributed by atoms with E-state index in [1.54, 1.807) is 0 Å². The van der Waals surface area contributed by atoms with E-state index < -0.39 is 48.1 Å². The number of rotatable bonds is 11. The highest BCUT2D eigenvalue weighted by molar-refractivity contribution is 7.66. The van der Waals surface area contributed by atoms with Gasteiger partial charge >= 0.3 is 23.5 Å². The van der Waals surface area contributed by atoms with Gasteiger partial charge in [0.05, 0.1) is 12.9 Å². The number of nitrogen functional groups attached to an aromatic ring is 1. The van der Waals surface area contributed by atoms with Crippen LogP contribution in [0.3, 0.4) is 0 Å². The van der Waals surface area contributed by atoms with Gasteiger partial charge in [-0.05, 0) is 6.92 Å². The van der Waals surface area contributed by atoms with Crippen LogP contribution >= 0.6 is 23.5 Å². The van der Waals surface area contributed by atoms with E-state index in [0.29, 0.717) is 0 Å². The minimum absolute atomic E-state index is 0.0368. The molecular formula is C11H19FN5O12P3. The predicted molar refractivity (Wildman–Crippen MR) is 101 cm³/mol. The molecule has 2 aromatic heterocycles. The van der Waals surface area contributed by atoms with Gasteiger partial charge in [-0.15, -0.1) is 0 Å². The Morgan fingerprint density at radius 1 is 1.16 bits per heavy atom. The summed E-state index contributed by atoms with van der Waals surface area (Å²) < 4.78 is 66.3. The van der Waals surface area contributed by atoms with Crippen LogP contribution in [0.25, 0.3) is 11.2 Å². The van der Waals surface area contributed by atoms with Crippen LogP contribution < -0.4 is 5.73 Å². The molecule has 0 aromatic carbocycles. The van der Waals surface area contributed by atoms with Gasteiger partial charge < -0.3 is 35.2 Å². The lowest BCUT2D eigenvalue weighted by Gasteiger charge is -2.35. The zero-order valence-corrected chi connectivity index (χ0v) is 18.9. The molecule has 17 nitrogen and oxygen atoms in total. The second kappa shape index (κ2) is 9.46. The number of nitrogens with two attached hydrogens (primary N) is 1. The minimum atomic E-state index is -5.76. The number of hydrogen-bond donors (Lipinski definition) is 6. The lowest BCUT2D eigenvalue weighted by molar-refractivity contribution is -0.150. The molecule has 0 saturated heterocycles. The third-order valence-electron chi connectivity index (χ3n) is 3.94. The Kier molecular flexibility index (Phi) is 7.94. The quantitative estimate of drug-likeness (QED) is 0.211. The number of alkyl halides is 1. The van der Waals surface area contributed by atoms with Crippen molar-refractivity contribution >= 4 is 40.4 Å². The molecule has 2 unspecified atom stereocenters. The standard InChI is InChI=1S/C11H19FN5O12P3/c1-11(26-2,3-27-31(22,23)29-32(24,25)28-30(19,20)21)7(18)8(12)17-5-16-6-9(13)14-4-15-10(6)17/h4-5,7-8,18H,3H2,1-2H3,(H,22,23)(H,24,25)(H2,13,14,15)(H2,19,20,21)/t7-,8-,11+/m0/s1. The number of hydrogen-bond acceptors (Lipinski definition) is 12. The number of anilines is 1. The van der Waals surface area contributed by atoms with Crippen LogP contribution in [-0.2, 0) is 31.6 Å². The summed E-state index contributed by atoms with van der Waals surface area (Å²) in [7, 11) is -15.9. The molecule has 0 saturated carbocycles. The highest BCUT2D eigenvalue weighted by atomic mass is 31.3. The Morgan fingerprint density at radius 2 is 1.78 bits per heavy atom. The molecule has 0 radical (unpaired) electrons. The number of ether oxygens (including phenoxy) is 1. The van der Waals surface area contributed by atoms with Crippen molar-refractivity contribution in [1.82, 2.24) is 19.5 Å². The van der Waals surface area contributed by atoms with E-state index in [4.69, 9.17) is 25.2 Å². The van der Waals surface area contributed by atoms with Gasteiger partial charge in [-0.3, -0.25) is 9.09 Å². The maximum absolute atomic E-state index is 15.1. The monoisotopic (exact) mass is 525 g/mol. The second-order valence-electron chi connectivity index (χ2n) is 6.28. The zero-order valence-electron chi connectivity index (χ0n) is 16.2. The number of halogens is 1. The number of imidazole rings is 1. The van der Waals surface area contributed by atoms with Crippen LogP contribution in [0.1, 0.15) is 13.2 Å². The Bertz CT molecular complexity index is 1110. The number of fused-ring (bicyclic) bond motifs is 1. The molecule has 0 spiro atoms. The average molecular weight is 525 g/mol. The number of aromatic nitrogens is 4. The van der Waals surface area contributed by atoms with E-state index in [1.807, 2.05) is 0 Å². The Labute approximate surface area is 178 Å². The van der Waals surface area contributed by atoms with E-state index >= 15 is 4.39 Å². The largest absolute Gasteiger partial charge is 0.490 e. The van der Waals surface area contributed by atoms with E-state index in [2.05, 4.69) is 28.1 Å². The van der Waals surface area contributed by atoms with Gasteiger partial charge in [-0.25, -0.2) is 33.0 Å². The van der Waals surface area contributed by atoms with Crippen LogP contribution in [0.4, 0.5) is 10.2 Å². The smallest absolute Gasteiger partial charge is 0.385 e. The summed E-state index contributed by atoms with van der Waals surface area (Å²) in [6.07, 6.45) is -2.45. The summed E-state index contributed by atoms with van der Waals surface area (Å²) in [6, 6.07) is 0. The summed E-state index contributed by atoms with van der Waals surface area (Å²) >= 11 is 0. The second-order valence-corrected chi connectivity index (χ2v) is 10.7. The molecule has 0 bridgehead atoms. The molecule has 7 N–H and O–H groups in total. The number of nitrogens with zero attached hydrogens (tertiary/aromatic N) is 4. The SMILES string of the molecule is CO[C@](C)(COP(=O)(O)OP(=O)(O)OP(=O)(O)O)[C@@H](O)[C@@H](F)n1cnc2c(N)ncnc21. The van der Waals surface area contributed by atoms with Crippen LogP contribution in [0.5, 0.6) is 0 Å². The van der Waals surface area contributed by atoms with Crippen LogP contribution in [-0.4, -0.2) is 69.6 Å². The first-order valence-electron chi connectivity index (χ1n) is 8.09. The lowest BCUT2D eigenvalue weighted by atomic mass is 9.99. The van der Waals surface area contributed by atoms with Crippen molar-refractivity contribution in [3.8, 4) is 0 Å². The molecule has 5 atom stereocenters. The number of phosphoric ester groups is 1. The van der Waals surface area contributed by atoms with Gasteiger partial charge in [-0.1, -0.05) is 0 Å². The summed E-state index contributed by atoms with van der Waals surface area (Å²) in [6.45, 7) is -0.0596. The van der Waals surface area contributed by atoms with E-state index in [1.165, 1.54) is 0 Å². The third-order valence-corrected chi connectivity index (χ3v) is 7.72. The fourth-order valence-corrected chi connectivity index (χ4v) is 5.39. The third kappa shape index (κ3) is 6.57. The van der Waals surface area contributed by atoms with Crippen molar-refractivity contribution < 1.29 is 60.6 Å². The fraction of sp³-hybridized carbons (Fsp3) is 0.545. The molecule has 182 valence electrons. The maximum Gasteiger partial charge on any atom is 0.490 e. The Morgan fingerprint density at radius 3 is 2.34 bits per heavy atom. The van der Waals surface area contributed by atoms with E-state index in [0.717, 1.165) is 31.3 Å². The van der Waals surface area contributed by atoms with Crippen LogP contribution in [0.15, 0.2) is 12.7 Å². The van der Waals surface area contributed by atoms with Crippen LogP contribution in [0.2, 0.25) is 0 Å². The Hall–Kier alpha value is -1.39. The summed E-state index contributed by atoms with van der Waals surface area (Å²) in [5, 5.41) is 10.5. The molecule has 0 aliphatic heterocycles. The molecule has 32 heavy (non-hydrogen) atoms. The molecule has 0 amide bonds. The van der Waals surface area contributed by atoms with Crippen LogP contribution in [0, 0.1) is 0 Å². The summed E-state index contributed by atoms with van der Waals surface area (Å²) in [5.41, 5.74) is 3.48. The first kappa shape index (κ1) is 26.9. The first-order valence-corrected chi connectivity index (χ1v) is 12.6. The number of methoxy groups -OCH3 is 1. The topological polar surface area (TPSA) is 259 Å². The number of phosphoric acid groups is 3. The van der Waals surface area contributed by atoms with Gasteiger partial charge in [0.25, 0.3) is 0 Å². The van der Waals surface area contributed by atoms with Crippen molar-refractivity contribution in [3.63, 3.8) is 0 Å². The van der Waals surface area contributed by atoms with Gasteiger partial charge in [0.2, 0.25) is 6.30 Å². The van der Waals surface area contributed by atoms with Gasteiger partial charge in [0.15, 0.2) is 11.5 Å². The number of aliphatic hydroxyl groups is 1. The molecule has 0 fully saturated rings. The summed E-state index contributed by atoms with van der Waals surface area (Å²) in [4.78, 5) is 47.1. The lowest BCUT2D eigenvalue weighted by Crippen LogP contribution is -2.48. The van der Waals surface area contributed by atoms with Crippen molar-refractivity contribution in [2.45, 2.75) is 24.9 Å². The summed E-state index contributed by atoms with van der Waals surface area (Å²) in [5.74, 6) is -0.0578. The Balaban J connectivity index is 2.18. The van der Waals surface area contributed by atoms with Gasteiger partial charge in [0.1, 0.15) is 23.5 Å². The number of aliphatic hydroxyl groups excluding tert-OH is 1. The zero-order chi connectivity index (χ0) is 24.5. The maximum atomic E-state index is 15.1. The molecule has 21 heteroatoms. The molecular weight excluding hydrogens is 506 g/mol. The molecule has 0 aliphatic rings. The van der Waals surface area contributed by atoms with E-state index in [9.17, 15) is 23.7 Å². The molecule has 2 rings (SSSR count). The highest BCUT2D eigenvalue weighted by Gasteiger charge is 2.45. The van der Waals surface area contributed by atoms with Crippen molar-refractivity contribution in [3.05, 3.63) is 12.7 Å². The van der Waals surface area contributed by atoms with Crippen molar-refractivity contribution in [2.75, 3.05) is 19.5 Å². The van der Waals surface area contributed by atoms with Gasteiger partial charge in [0, 0.05) is 7.11 Å². The van der Waals surface area contributed by atoms with Crippen molar-refractivity contribution in [2.24, 2.45) is 0 Å².